The fraction of sp³-hybridized carbons (Fsp3) is 0.273. The van der Waals surface area contributed by atoms with Crippen molar-refractivity contribution in [2.24, 2.45) is 0 Å². The molecule has 0 spiro atoms. The summed E-state index contributed by atoms with van der Waals surface area (Å²) in [5, 5.41) is 8.73. The highest BCUT2D eigenvalue weighted by Crippen LogP contribution is 2.36. The van der Waals surface area contributed by atoms with Crippen LogP contribution in [0.25, 0.3) is 22.5 Å². The molecule has 1 aromatic heterocycles. The minimum Gasteiger partial charge on any atom is -0.330 e. The summed E-state index contributed by atoms with van der Waals surface area (Å²) in [5.74, 6) is 1.19. The highest BCUT2D eigenvalue weighted by atomic mass is 35.5. The number of amides is 1. The number of carbonyl (C=O) groups excluding carboxylic acids is 1. The Morgan fingerprint density at radius 1 is 1.18 bits per heavy atom. The van der Waals surface area contributed by atoms with E-state index >= 15 is 0 Å². The zero-order valence-electron chi connectivity index (χ0n) is 15.7. The van der Waals surface area contributed by atoms with E-state index in [1.54, 1.807) is 0 Å². The van der Waals surface area contributed by atoms with E-state index in [2.05, 4.69) is 22.3 Å². The zero-order chi connectivity index (χ0) is 19.5. The van der Waals surface area contributed by atoms with Gasteiger partial charge in [-0.15, -0.1) is 11.8 Å². The first-order valence-electron chi connectivity index (χ1n) is 9.47. The SMILES string of the molecule is CCC(=O)N1CCSC1Cc1c(-c2ccccc2)n[nH]c1-c1ccc(Cl)cc1. The van der Waals surface area contributed by atoms with Crippen molar-refractivity contribution >= 4 is 29.3 Å². The molecule has 2 aromatic carbocycles. The summed E-state index contributed by atoms with van der Waals surface area (Å²) >= 11 is 7.92. The predicted molar refractivity (Wildman–Crippen MR) is 116 cm³/mol. The number of hydrogen-bond acceptors (Lipinski definition) is 3. The van der Waals surface area contributed by atoms with Crippen LogP contribution in [0.2, 0.25) is 5.02 Å². The molecule has 1 atom stereocenters. The van der Waals surface area contributed by atoms with Crippen molar-refractivity contribution in [3.8, 4) is 22.5 Å². The minimum absolute atomic E-state index is 0.138. The Labute approximate surface area is 174 Å². The van der Waals surface area contributed by atoms with Crippen molar-refractivity contribution in [3.05, 3.63) is 65.2 Å². The van der Waals surface area contributed by atoms with Crippen LogP contribution >= 0.6 is 23.4 Å². The van der Waals surface area contributed by atoms with E-state index in [4.69, 9.17) is 11.6 Å². The van der Waals surface area contributed by atoms with Crippen LogP contribution in [0.4, 0.5) is 0 Å². The molecule has 28 heavy (non-hydrogen) atoms. The smallest absolute Gasteiger partial charge is 0.223 e. The van der Waals surface area contributed by atoms with Gasteiger partial charge in [-0.1, -0.05) is 61.0 Å². The van der Waals surface area contributed by atoms with Crippen LogP contribution in [0.1, 0.15) is 18.9 Å². The molecule has 0 radical (unpaired) electrons. The van der Waals surface area contributed by atoms with E-state index in [1.165, 1.54) is 0 Å². The van der Waals surface area contributed by atoms with Gasteiger partial charge in [-0.3, -0.25) is 9.89 Å². The number of halogens is 1. The van der Waals surface area contributed by atoms with Crippen molar-refractivity contribution in [1.29, 1.82) is 0 Å². The fourth-order valence-electron chi connectivity index (χ4n) is 3.61. The molecule has 1 N–H and O–H groups in total. The molecule has 1 aliphatic rings. The van der Waals surface area contributed by atoms with Crippen LogP contribution in [0.5, 0.6) is 0 Å². The van der Waals surface area contributed by atoms with E-state index in [9.17, 15) is 4.79 Å². The summed E-state index contributed by atoms with van der Waals surface area (Å²) in [4.78, 5) is 14.4. The van der Waals surface area contributed by atoms with E-state index in [1.807, 2.05) is 66.1 Å². The summed E-state index contributed by atoms with van der Waals surface area (Å²) in [6.45, 7) is 2.74. The lowest BCUT2D eigenvalue weighted by atomic mass is 9.99. The highest BCUT2D eigenvalue weighted by Gasteiger charge is 2.31. The van der Waals surface area contributed by atoms with Crippen LogP contribution in [-0.2, 0) is 11.2 Å². The van der Waals surface area contributed by atoms with Crippen molar-refractivity contribution < 1.29 is 4.79 Å². The molecule has 144 valence electrons. The first kappa shape index (κ1) is 19.1. The second-order valence-corrected chi connectivity index (χ2v) is 8.49. The van der Waals surface area contributed by atoms with E-state index in [-0.39, 0.29) is 11.3 Å². The summed E-state index contributed by atoms with van der Waals surface area (Å²) in [6.07, 6.45) is 1.30. The van der Waals surface area contributed by atoms with Crippen molar-refractivity contribution in [2.45, 2.75) is 25.1 Å². The largest absolute Gasteiger partial charge is 0.330 e. The van der Waals surface area contributed by atoms with E-state index < -0.39 is 0 Å². The summed E-state index contributed by atoms with van der Waals surface area (Å²) in [5.41, 5.74) is 5.20. The lowest BCUT2D eigenvalue weighted by Crippen LogP contribution is -2.35. The molecule has 1 fully saturated rings. The average Bonchev–Trinajstić information content (AvgIpc) is 3.36. The number of thioether (sulfide) groups is 1. The third-order valence-corrected chi connectivity index (χ3v) is 6.52. The molecular formula is C22H22ClN3OS. The van der Waals surface area contributed by atoms with Crippen LogP contribution in [0.15, 0.2) is 54.6 Å². The Balaban J connectivity index is 1.75. The van der Waals surface area contributed by atoms with Crippen molar-refractivity contribution in [1.82, 2.24) is 15.1 Å². The van der Waals surface area contributed by atoms with Gasteiger partial charge in [-0.05, 0) is 17.7 Å². The zero-order valence-corrected chi connectivity index (χ0v) is 17.3. The maximum Gasteiger partial charge on any atom is 0.223 e. The summed E-state index contributed by atoms with van der Waals surface area (Å²) in [7, 11) is 0. The lowest BCUT2D eigenvalue weighted by molar-refractivity contribution is -0.130. The number of aromatic amines is 1. The maximum absolute atomic E-state index is 12.4. The van der Waals surface area contributed by atoms with Gasteiger partial charge < -0.3 is 4.90 Å². The number of hydrogen-bond donors (Lipinski definition) is 1. The van der Waals surface area contributed by atoms with Gasteiger partial charge in [0.2, 0.25) is 5.91 Å². The summed E-state index contributed by atoms with van der Waals surface area (Å²) in [6, 6.07) is 18.0. The molecule has 4 rings (SSSR count). The topological polar surface area (TPSA) is 49.0 Å². The van der Waals surface area contributed by atoms with E-state index in [0.717, 1.165) is 46.8 Å². The Hall–Kier alpha value is -2.24. The monoisotopic (exact) mass is 411 g/mol. The van der Waals surface area contributed by atoms with Gasteiger partial charge in [0.25, 0.3) is 0 Å². The Morgan fingerprint density at radius 3 is 2.64 bits per heavy atom. The standard InChI is InChI=1S/C22H22ClN3OS/c1-2-19(27)26-12-13-28-20(26)14-18-21(15-6-4-3-5-7-15)24-25-22(18)16-8-10-17(23)11-9-16/h3-11,20H,2,12-14H2,1H3,(H,24,25). The van der Waals surface area contributed by atoms with Crippen molar-refractivity contribution in [2.75, 3.05) is 12.3 Å². The number of benzene rings is 2. The first-order valence-corrected chi connectivity index (χ1v) is 10.9. The van der Waals surface area contributed by atoms with Gasteiger partial charge in [-0.2, -0.15) is 5.10 Å². The number of rotatable bonds is 5. The van der Waals surface area contributed by atoms with Crippen LogP contribution in [0.3, 0.4) is 0 Å². The van der Waals surface area contributed by atoms with Gasteiger partial charge in [0.05, 0.1) is 16.8 Å². The molecule has 3 aromatic rings. The average molecular weight is 412 g/mol. The van der Waals surface area contributed by atoms with Crippen molar-refractivity contribution in [3.63, 3.8) is 0 Å². The van der Waals surface area contributed by atoms with Crippen LogP contribution in [-0.4, -0.2) is 38.7 Å². The molecule has 1 saturated heterocycles. The van der Waals surface area contributed by atoms with Gasteiger partial charge in [0.15, 0.2) is 0 Å². The minimum atomic E-state index is 0.138. The number of H-pyrrole nitrogens is 1. The third kappa shape index (κ3) is 3.82. The Kier molecular flexibility index (Phi) is 5.74. The second-order valence-electron chi connectivity index (χ2n) is 6.77. The number of carbonyl (C=O) groups is 1. The molecule has 0 aliphatic carbocycles. The summed E-state index contributed by atoms with van der Waals surface area (Å²) < 4.78 is 0. The number of nitrogens with one attached hydrogen (secondary N) is 1. The quantitative estimate of drug-likeness (QED) is 0.623. The molecule has 1 amide bonds. The molecule has 0 saturated carbocycles. The van der Waals surface area contributed by atoms with E-state index in [0.29, 0.717) is 11.4 Å². The Bertz CT molecular complexity index is 956. The Morgan fingerprint density at radius 2 is 1.93 bits per heavy atom. The first-order chi connectivity index (χ1) is 13.7. The van der Waals surface area contributed by atoms with Crippen LogP contribution in [0, 0.1) is 0 Å². The lowest BCUT2D eigenvalue weighted by Gasteiger charge is -2.24. The normalized spacial score (nSPS) is 16.5. The molecule has 6 heteroatoms. The number of aromatic nitrogens is 2. The molecule has 1 aliphatic heterocycles. The molecular weight excluding hydrogens is 390 g/mol. The third-order valence-electron chi connectivity index (χ3n) is 5.04. The molecule has 2 heterocycles. The molecule has 0 bridgehead atoms. The molecule has 4 nitrogen and oxygen atoms in total. The van der Waals surface area contributed by atoms with Gasteiger partial charge in [0.1, 0.15) is 0 Å². The second kappa shape index (κ2) is 8.41. The predicted octanol–water partition coefficient (Wildman–Crippen LogP) is 5.25. The van der Waals surface area contributed by atoms with Gasteiger partial charge in [0, 0.05) is 41.3 Å². The fourth-order valence-corrected chi connectivity index (χ4v) is 4.99. The van der Waals surface area contributed by atoms with Gasteiger partial charge in [-0.25, -0.2) is 0 Å². The highest BCUT2D eigenvalue weighted by molar-refractivity contribution is 8.00. The van der Waals surface area contributed by atoms with Crippen LogP contribution < -0.4 is 0 Å². The number of nitrogens with zero attached hydrogens (tertiary/aromatic N) is 2. The van der Waals surface area contributed by atoms with Gasteiger partial charge >= 0.3 is 0 Å². The maximum atomic E-state index is 12.4. The molecule has 1 unspecified atom stereocenters.